The molecule has 11 heteroatoms. The van der Waals surface area contributed by atoms with Gasteiger partial charge in [-0.2, -0.15) is 0 Å². The highest BCUT2D eigenvalue weighted by molar-refractivity contribution is 7.89. The lowest BCUT2D eigenvalue weighted by Gasteiger charge is -2.12. The number of carbonyl (C=O) groups excluding carboxylic acids is 1. The van der Waals surface area contributed by atoms with Gasteiger partial charge in [-0.15, -0.1) is 0 Å². The van der Waals surface area contributed by atoms with Gasteiger partial charge in [-0.1, -0.05) is 11.6 Å². The molecule has 1 aliphatic rings. The van der Waals surface area contributed by atoms with E-state index in [0.717, 1.165) is 6.42 Å². The van der Waals surface area contributed by atoms with Crippen LogP contribution < -0.4 is 14.2 Å². The highest BCUT2D eigenvalue weighted by Crippen LogP contribution is 2.38. The molecule has 0 radical (unpaired) electrons. The molecule has 2 aromatic rings. The predicted octanol–water partition coefficient (Wildman–Crippen LogP) is 1.96. The second-order valence-electron chi connectivity index (χ2n) is 6.50. The number of hydrogen-bond acceptors (Lipinski definition) is 7. The molecule has 0 spiro atoms. The molecule has 3 rings (SSSR count). The van der Waals surface area contributed by atoms with Gasteiger partial charge in [0.15, 0.2) is 16.5 Å². The van der Waals surface area contributed by atoms with Crippen LogP contribution in [0.15, 0.2) is 23.4 Å². The van der Waals surface area contributed by atoms with E-state index < -0.39 is 16.0 Å². The van der Waals surface area contributed by atoms with Crippen LogP contribution in [-0.2, 0) is 33.2 Å². The molecule has 9 nitrogen and oxygen atoms in total. The van der Waals surface area contributed by atoms with E-state index in [0.29, 0.717) is 41.1 Å². The third-order valence-electron chi connectivity index (χ3n) is 4.24. The van der Waals surface area contributed by atoms with Crippen LogP contribution >= 0.6 is 11.6 Å². The summed E-state index contributed by atoms with van der Waals surface area (Å²) in [6.45, 7) is 2.62. The molecule has 158 valence electrons. The van der Waals surface area contributed by atoms with Crippen molar-refractivity contribution in [2.45, 2.75) is 31.4 Å². The Morgan fingerprint density at radius 2 is 2.10 bits per heavy atom. The number of nitrogens with one attached hydrogen (secondary N) is 1. The third-order valence-corrected chi connectivity index (χ3v) is 5.86. The number of carbonyl (C=O) groups is 1. The molecular formula is C18H22ClN3O6S. The number of fused-ring (bicyclic) bond motifs is 1. The molecule has 0 atom stereocenters. The van der Waals surface area contributed by atoms with Gasteiger partial charge in [0.05, 0.1) is 24.7 Å². The number of benzene rings is 1. The van der Waals surface area contributed by atoms with Crippen LogP contribution in [0.25, 0.3) is 0 Å². The van der Waals surface area contributed by atoms with E-state index in [1.54, 1.807) is 30.7 Å². The van der Waals surface area contributed by atoms with E-state index in [1.807, 2.05) is 0 Å². The van der Waals surface area contributed by atoms with Crippen molar-refractivity contribution in [3.05, 3.63) is 34.7 Å². The van der Waals surface area contributed by atoms with Gasteiger partial charge in [0.1, 0.15) is 12.4 Å². The van der Waals surface area contributed by atoms with E-state index >= 15 is 0 Å². The SMILES string of the molecule is Cc1nc(S(=O)(=O)NCCC(=O)OCc2cc(Cl)c3c(c2)OCCCO3)cn1C. The van der Waals surface area contributed by atoms with Gasteiger partial charge in [-0.05, 0) is 24.6 Å². The van der Waals surface area contributed by atoms with Gasteiger partial charge >= 0.3 is 5.97 Å². The van der Waals surface area contributed by atoms with Crippen LogP contribution in [0, 0.1) is 6.92 Å². The maximum atomic E-state index is 12.2. The van der Waals surface area contributed by atoms with Crippen molar-refractivity contribution in [2.24, 2.45) is 7.05 Å². The van der Waals surface area contributed by atoms with E-state index in [1.165, 1.54) is 6.20 Å². The Labute approximate surface area is 174 Å². The van der Waals surface area contributed by atoms with E-state index in [9.17, 15) is 13.2 Å². The van der Waals surface area contributed by atoms with Crippen molar-refractivity contribution >= 4 is 27.6 Å². The summed E-state index contributed by atoms with van der Waals surface area (Å²) >= 11 is 6.21. The van der Waals surface area contributed by atoms with E-state index in [-0.39, 0.29) is 24.6 Å². The molecule has 0 saturated heterocycles. The molecule has 0 aliphatic carbocycles. The summed E-state index contributed by atoms with van der Waals surface area (Å²) in [5.41, 5.74) is 0.650. The second kappa shape index (κ2) is 9.02. The maximum Gasteiger partial charge on any atom is 0.307 e. The van der Waals surface area contributed by atoms with Crippen LogP contribution in [-0.4, -0.2) is 43.7 Å². The first-order valence-corrected chi connectivity index (χ1v) is 10.9. The van der Waals surface area contributed by atoms with Crippen LogP contribution in [0.4, 0.5) is 0 Å². The van der Waals surface area contributed by atoms with Crippen molar-refractivity contribution in [2.75, 3.05) is 19.8 Å². The molecule has 29 heavy (non-hydrogen) atoms. The summed E-state index contributed by atoms with van der Waals surface area (Å²) in [7, 11) is -2.08. The fourth-order valence-electron chi connectivity index (χ4n) is 2.62. The lowest BCUT2D eigenvalue weighted by Crippen LogP contribution is -2.27. The molecule has 1 aromatic carbocycles. The quantitative estimate of drug-likeness (QED) is 0.651. The molecule has 0 fully saturated rings. The van der Waals surface area contributed by atoms with Crippen LogP contribution in [0.1, 0.15) is 24.2 Å². The van der Waals surface area contributed by atoms with Gasteiger partial charge in [0.25, 0.3) is 10.0 Å². The second-order valence-corrected chi connectivity index (χ2v) is 8.62. The monoisotopic (exact) mass is 443 g/mol. The average Bonchev–Trinajstić information content (AvgIpc) is 2.87. The minimum absolute atomic E-state index is 0.0125. The number of aromatic nitrogens is 2. The highest BCUT2D eigenvalue weighted by atomic mass is 35.5. The molecule has 2 heterocycles. The van der Waals surface area contributed by atoms with Crippen molar-refractivity contribution in [3.8, 4) is 11.5 Å². The third kappa shape index (κ3) is 5.40. The number of esters is 1. The van der Waals surface area contributed by atoms with Crippen LogP contribution in [0.5, 0.6) is 11.5 Å². The number of aryl methyl sites for hydroxylation is 2. The largest absolute Gasteiger partial charge is 0.489 e. The number of nitrogens with zero attached hydrogens (tertiary/aromatic N) is 2. The average molecular weight is 444 g/mol. The molecule has 0 bridgehead atoms. The first-order valence-electron chi connectivity index (χ1n) is 8.99. The normalized spacial score (nSPS) is 13.8. The zero-order chi connectivity index (χ0) is 21.0. The van der Waals surface area contributed by atoms with Crippen molar-refractivity contribution in [3.63, 3.8) is 0 Å². The minimum atomic E-state index is -3.78. The highest BCUT2D eigenvalue weighted by Gasteiger charge is 2.19. The Balaban J connectivity index is 1.50. The summed E-state index contributed by atoms with van der Waals surface area (Å²) in [5, 5.41) is 0.293. The predicted molar refractivity (Wildman–Crippen MR) is 105 cm³/mol. The Kier molecular flexibility index (Phi) is 6.66. The summed E-state index contributed by atoms with van der Waals surface area (Å²) < 4.78 is 44.7. The number of halogens is 1. The first kappa shape index (κ1) is 21.4. The topological polar surface area (TPSA) is 109 Å². The number of sulfonamides is 1. The van der Waals surface area contributed by atoms with Crippen molar-refractivity contribution < 1.29 is 27.4 Å². The Hall–Kier alpha value is -2.30. The summed E-state index contributed by atoms with van der Waals surface area (Å²) in [5.74, 6) is 1.02. The van der Waals surface area contributed by atoms with Crippen molar-refractivity contribution in [1.82, 2.24) is 14.3 Å². The zero-order valence-corrected chi connectivity index (χ0v) is 17.7. The zero-order valence-electron chi connectivity index (χ0n) is 16.1. The van der Waals surface area contributed by atoms with Gasteiger partial charge in [0, 0.05) is 26.2 Å². The fraction of sp³-hybridized carbons (Fsp3) is 0.444. The van der Waals surface area contributed by atoms with Gasteiger partial charge < -0.3 is 18.8 Å². The van der Waals surface area contributed by atoms with Gasteiger partial charge in [-0.25, -0.2) is 18.1 Å². The van der Waals surface area contributed by atoms with Crippen LogP contribution in [0.2, 0.25) is 5.02 Å². The smallest absolute Gasteiger partial charge is 0.307 e. The van der Waals surface area contributed by atoms with Crippen LogP contribution in [0.3, 0.4) is 0 Å². The molecule has 1 aliphatic heterocycles. The van der Waals surface area contributed by atoms with Crippen molar-refractivity contribution in [1.29, 1.82) is 0 Å². The first-order chi connectivity index (χ1) is 13.8. The fourth-order valence-corrected chi connectivity index (χ4v) is 3.98. The Morgan fingerprint density at radius 1 is 1.34 bits per heavy atom. The number of hydrogen-bond donors (Lipinski definition) is 1. The lowest BCUT2D eigenvalue weighted by molar-refractivity contribution is -0.144. The molecule has 1 N–H and O–H groups in total. The van der Waals surface area contributed by atoms with E-state index in [2.05, 4.69) is 9.71 Å². The summed E-state index contributed by atoms with van der Waals surface area (Å²) in [6, 6.07) is 3.36. The standard InChI is InChI=1S/C18H22ClN3O6S/c1-12-21-16(10-22(12)2)29(24,25)20-5-4-17(23)28-11-13-8-14(19)18-15(9-13)26-6-3-7-27-18/h8-10,20H,3-7,11H2,1-2H3. The summed E-state index contributed by atoms with van der Waals surface area (Å²) in [4.78, 5) is 15.9. The Morgan fingerprint density at radius 3 is 2.83 bits per heavy atom. The Bertz CT molecular complexity index is 986. The molecule has 0 amide bonds. The molecule has 0 saturated carbocycles. The number of rotatable bonds is 7. The minimum Gasteiger partial charge on any atom is -0.489 e. The molecule has 1 aromatic heterocycles. The number of imidazole rings is 1. The maximum absolute atomic E-state index is 12.2. The lowest BCUT2D eigenvalue weighted by atomic mass is 10.2. The van der Waals surface area contributed by atoms with E-state index in [4.69, 9.17) is 25.8 Å². The molecular weight excluding hydrogens is 422 g/mol. The number of ether oxygens (including phenoxy) is 3. The summed E-state index contributed by atoms with van der Waals surface area (Å²) in [6.07, 6.45) is 2.04. The molecule has 0 unspecified atom stereocenters. The van der Waals surface area contributed by atoms with Gasteiger partial charge in [-0.3, -0.25) is 4.79 Å². The van der Waals surface area contributed by atoms with Gasteiger partial charge in [0.2, 0.25) is 0 Å².